The molecule has 2 heterocycles. The number of para-hydroxylation sites is 1. The first kappa shape index (κ1) is 14.4. The highest BCUT2D eigenvalue weighted by atomic mass is 32.1. The normalized spacial score (nSPS) is 22.5. The van der Waals surface area contributed by atoms with E-state index in [-0.39, 0.29) is 0 Å². The molecule has 0 bridgehead atoms. The number of unbranched alkanes of at least 4 members (excludes halogenated alkanes) is 2. The van der Waals surface area contributed by atoms with Crippen molar-refractivity contribution >= 4 is 27.3 Å². The van der Waals surface area contributed by atoms with Crippen LogP contribution in [-0.2, 0) is 0 Å². The molecule has 3 rings (SSSR count). The molecule has 6 heteroatoms. The molecule has 0 fully saturated rings. The Morgan fingerprint density at radius 3 is 2.90 bits per heavy atom. The molecule has 3 N–H and O–H groups in total. The lowest BCUT2D eigenvalue weighted by Gasteiger charge is -2.30. The van der Waals surface area contributed by atoms with Crippen LogP contribution < -0.4 is 11.3 Å². The van der Waals surface area contributed by atoms with Crippen molar-refractivity contribution in [3.8, 4) is 0 Å². The van der Waals surface area contributed by atoms with Gasteiger partial charge in [-0.25, -0.2) is 10.5 Å². The molecular formula is C15H21N5S. The quantitative estimate of drug-likeness (QED) is 0.833. The van der Waals surface area contributed by atoms with Crippen molar-refractivity contribution in [2.24, 2.45) is 10.8 Å². The second kappa shape index (κ2) is 5.71. The first-order valence-corrected chi connectivity index (χ1v) is 8.21. The molecule has 1 unspecified atom stereocenters. The minimum absolute atomic E-state index is 0.623. The largest absolute Gasteiger partial charge is 0.307 e. The molecule has 0 saturated carbocycles. The van der Waals surface area contributed by atoms with E-state index < -0.39 is 5.66 Å². The summed E-state index contributed by atoms with van der Waals surface area (Å²) in [5, 5.41) is 7.33. The van der Waals surface area contributed by atoms with Gasteiger partial charge in [0.15, 0.2) is 0 Å². The number of fused-ring (bicyclic) bond motifs is 1. The van der Waals surface area contributed by atoms with Crippen LogP contribution in [0.5, 0.6) is 0 Å². The van der Waals surface area contributed by atoms with Gasteiger partial charge >= 0.3 is 0 Å². The zero-order chi connectivity index (χ0) is 14.9. The van der Waals surface area contributed by atoms with Gasteiger partial charge in [0.1, 0.15) is 16.4 Å². The van der Waals surface area contributed by atoms with E-state index >= 15 is 0 Å². The number of rotatable bonds is 5. The van der Waals surface area contributed by atoms with Gasteiger partial charge in [0.05, 0.1) is 10.2 Å². The van der Waals surface area contributed by atoms with Gasteiger partial charge < -0.3 is 5.73 Å². The molecule has 0 aliphatic carbocycles. The van der Waals surface area contributed by atoms with Gasteiger partial charge in [0.25, 0.3) is 0 Å². The van der Waals surface area contributed by atoms with Crippen molar-refractivity contribution in [3.63, 3.8) is 0 Å². The zero-order valence-electron chi connectivity index (χ0n) is 12.5. The molecule has 1 aromatic carbocycles. The number of nitrogens with zero attached hydrogens (tertiary/aromatic N) is 3. The Balaban J connectivity index is 1.82. The monoisotopic (exact) mass is 303 g/mol. The lowest BCUT2D eigenvalue weighted by Crippen LogP contribution is -2.58. The smallest absolute Gasteiger partial charge is 0.144 e. The number of thiazole rings is 1. The van der Waals surface area contributed by atoms with Gasteiger partial charge in [-0.3, -0.25) is 0 Å². The van der Waals surface area contributed by atoms with Crippen molar-refractivity contribution in [3.05, 3.63) is 29.3 Å². The minimum Gasteiger partial charge on any atom is -0.307 e. The van der Waals surface area contributed by atoms with Gasteiger partial charge in [-0.05, 0) is 25.5 Å². The maximum absolute atomic E-state index is 6.50. The summed E-state index contributed by atoms with van der Waals surface area (Å²) in [7, 11) is 0. The first-order chi connectivity index (χ1) is 10.1. The van der Waals surface area contributed by atoms with Crippen LogP contribution in [0.15, 0.2) is 29.4 Å². The Labute approximate surface area is 128 Å². The molecule has 1 aliphatic rings. The number of benzene rings is 1. The van der Waals surface area contributed by atoms with Crippen LogP contribution in [0.4, 0.5) is 0 Å². The maximum Gasteiger partial charge on any atom is 0.144 e. The highest BCUT2D eigenvalue weighted by Gasteiger charge is 2.40. The molecule has 1 atom stereocenters. The van der Waals surface area contributed by atoms with E-state index in [4.69, 9.17) is 5.73 Å². The summed E-state index contributed by atoms with van der Waals surface area (Å²) < 4.78 is 1.16. The molecule has 0 radical (unpaired) electrons. The summed E-state index contributed by atoms with van der Waals surface area (Å²) in [5.74, 6) is 0. The number of hydrazine groups is 1. The van der Waals surface area contributed by atoms with Crippen LogP contribution in [0.25, 0.3) is 10.2 Å². The number of nitrogens with one attached hydrogen (secondary N) is 1. The summed E-state index contributed by atoms with van der Waals surface area (Å²) in [4.78, 5) is 4.66. The Bertz CT molecular complexity index is 628. The van der Waals surface area contributed by atoms with Crippen LogP contribution >= 0.6 is 11.3 Å². The van der Waals surface area contributed by atoms with Gasteiger partial charge in [-0.15, -0.1) is 11.3 Å². The van der Waals surface area contributed by atoms with Crippen LogP contribution in [0.1, 0.15) is 38.1 Å². The molecule has 2 aromatic rings. The van der Waals surface area contributed by atoms with Crippen molar-refractivity contribution in [2.45, 2.75) is 38.8 Å². The molecular weight excluding hydrogens is 282 g/mol. The SMILES string of the molecule is CCCCCN1NN=C(c2nc3ccccc3s2)C1(C)N. The third-order valence-electron chi connectivity index (χ3n) is 3.80. The van der Waals surface area contributed by atoms with Crippen LogP contribution in [0, 0.1) is 0 Å². The highest BCUT2D eigenvalue weighted by molar-refractivity contribution is 7.20. The number of hydrogen-bond acceptors (Lipinski definition) is 6. The molecule has 1 aromatic heterocycles. The molecule has 0 spiro atoms. The highest BCUT2D eigenvalue weighted by Crippen LogP contribution is 2.27. The first-order valence-electron chi connectivity index (χ1n) is 7.39. The standard InChI is InChI=1S/C15H21N5S/c1-3-4-7-10-20-15(2,16)13(18-19-20)14-17-11-8-5-6-9-12(11)21-14/h5-6,8-9,19H,3-4,7,10,16H2,1-2H3. The maximum atomic E-state index is 6.50. The summed E-state index contributed by atoms with van der Waals surface area (Å²) in [6, 6.07) is 8.12. The molecule has 0 saturated heterocycles. The number of hydrazone groups is 1. The van der Waals surface area contributed by atoms with E-state index in [1.54, 1.807) is 11.3 Å². The predicted octanol–water partition coefficient (Wildman–Crippen LogP) is 2.69. The van der Waals surface area contributed by atoms with Crippen molar-refractivity contribution in [2.75, 3.05) is 6.54 Å². The summed E-state index contributed by atoms with van der Waals surface area (Å²) in [5.41, 5.74) is 10.8. The fraction of sp³-hybridized carbons (Fsp3) is 0.467. The van der Waals surface area contributed by atoms with E-state index in [0.29, 0.717) is 0 Å². The fourth-order valence-corrected chi connectivity index (χ4v) is 3.56. The second-order valence-corrected chi connectivity index (χ2v) is 6.58. The van der Waals surface area contributed by atoms with Gasteiger partial charge in [-0.1, -0.05) is 31.9 Å². The van der Waals surface area contributed by atoms with Crippen LogP contribution in [0.2, 0.25) is 0 Å². The average Bonchev–Trinajstić information content (AvgIpc) is 3.00. The molecule has 5 nitrogen and oxygen atoms in total. The Kier molecular flexibility index (Phi) is 3.93. The van der Waals surface area contributed by atoms with E-state index in [1.165, 1.54) is 12.8 Å². The van der Waals surface area contributed by atoms with Gasteiger partial charge in [-0.2, -0.15) is 10.1 Å². The second-order valence-electron chi connectivity index (χ2n) is 5.55. The van der Waals surface area contributed by atoms with Crippen molar-refractivity contribution < 1.29 is 0 Å². The molecule has 0 amide bonds. The summed E-state index contributed by atoms with van der Waals surface area (Å²) >= 11 is 1.64. The third kappa shape index (κ3) is 2.66. The topological polar surface area (TPSA) is 66.5 Å². The Morgan fingerprint density at radius 1 is 1.33 bits per heavy atom. The Hall–Kier alpha value is -1.50. The van der Waals surface area contributed by atoms with Gasteiger partial charge in [0, 0.05) is 6.54 Å². The number of nitrogens with two attached hydrogens (primary N) is 1. The molecule has 21 heavy (non-hydrogen) atoms. The van der Waals surface area contributed by atoms with E-state index in [0.717, 1.165) is 33.9 Å². The summed E-state index contributed by atoms with van der Waals surface area (Å²) in [6.07, 6.45) is 3.50. The third-order valence-corrected chi connectivity index (χ3v) is 4.85. The van der Waals surface area contributed by atoms with E-state index in [2.05, 4.69) is 28.6 Å². The summed E-state index contributed by atoms with van der Waals surface area (Å²) in [6.45, 7) is 5.07. The molecule has 1 aliphatic heterocycles. The number of hydrogen-bond donors (Lipinski definition) is 2. The minimum atomic E-state index is -0.623. The zero-order valence-corrected chi connectivity index (χ0v) is 13.3. The van der Waals surface area contributed by atoms with Gasteiger partial charge in [0.2, 0.25) is 0 Å². The lowest BCUT2D eigenvalue weighted by molar-refractivity contribution is 0.122. The predicted molar refractivity (Wildman–Crippen MR) is 88.1 cm³/mol. The van der Waals surface area contributed by atoms with Crippen molar-refractivity contribution in [1.29, 1.82) is 0 Å². The van der Waals surface area contributed by atoms with Crippen LogP contribution in [-0.4, -0.2) is 27.9 Å². The fourth-order valence-electron chi connectivity index (χ4n) is 2.50. The van der Waals surface area contributed by atoms with E-state index in [1.807, 2.05) is 30.1 Å². The van der Waals surface area contributed by atoms with Crippen molar-refractivity contribution in [1.82, 2.24) is 15.5 Å². The van der Waals surface area contributed by atoms with E-state index in [9.17, 15) is 0 Å². The van der Waals surface area contributed by atoms with Crippen LogP contribution in [0.3, 0.4) is 0 Å². The Morgan fingerprint density at radius 2 is 2.14 bits per heavy atom. The average molecular weight is 303 g/mol. The lowest BCUT2D eigenvalue weighted by atomic mass is 10.1. The molecule has 112 valence electrons. The number of aromatic nitrogens is 1.